The van der Waals surface area contributed by atoms with Crippen molar-refractivity contribution in [2.24, 2.45) is 0 Å². The van der Waals surface area contributed by atoms with Crippen LogP contribution in [0.25, 0.3) is 0 Å². The lowest BCUT2D eigenvalue weighted by molar-refractivity contribution is 0.0318. The Morgan fingerprint density at radius 1 is 0.897 bits per heavy atom. The van der Waals surface area contributed by atoms with Crippen molar-refractivity contribution in [2.45, 2.75) is 12.2 Å². The van der Waals surface area contributed by atoms with Crippen LogP contribution in [0.5, 0.6) is 11.5 Å². The Morgan fingerprint density at radius 3 is 2.14 bits per heavy atom. The Balaban J connectivity index is 1.68. The van der Waals surface area contributed by atoms with E-state index in [0.717, 1.165) is 5.56 Å². The van der Waals surface area contributed by atoms with Gasteiger partial charge in [0.1, 0.15) is 6.10 Å². The van der Waals surface area contributed by atoms with Gasteiger partial charge >= 0.3 is 0 Å². The van der Waals surface area contributed by atoms with Gasteiger partial charge in [-0.05, 0) is 29.8 Å². The first-order valence-electron chi connectivity index (χ1n) is 9.30. The molecule has 0 aromatic heterocycles. The molecule has 0 saturated carbocycles. The lowest BCUT2D eigenvalue weighted by Gasteiger charge is -2.26. The number of benzene rings is 3. The lowest BCUT2D eigenvalue weighted by atomic mass is 10.0. The standard InChI is InChI=1S/C23H24N2O4/c1-28-20-14-8-9-15-21(20)29-22(17-10-4-2-5-11-17)19(26)16-24-25-23(27)18-12-6-3-7-13-18/h2-15,19,22,24,26H,16H2,1H3,(H,25,27). The van der Waals surface area contributed by atoms with Crippen molar-refractivity contribution < 1.29 is 19.4 Å². The molecule has 3 aromatic carbocycles. The number of hydrogen-bond acceptors (Lipinski definition) is 5. The zero-order valence-electron chi connectivity index (χ0n) is 16.1. The summed E-state index contributed by atoms with van der Waals surface area (Å²) < 4.78 is 11.4. The number of aliphatic hydroxyl groups is 1. The number of nitrogens with one attached hydrogen (secondary N) is 2. The largest absolute Gasteiger partial charge is 0.493 e. The van der Waals surface area contributed by atoms with Crippen molar-refractivity contribution in [3.63, 3.8) is 0 Å². The Hall–Kier alpha value is -3.35. The molecule has 0 heterocycles. The summed E-state index contributed by atoms with van der Waals surface area (Å²) in [5, 5.41) is 10.8. The highest BCUT2D eigenvalue weighted by atomic mass is 16.5. The van der Waals surface area contributed by atoms with E-state index in [0.29, 0.717) is 17.1 Å². The van der Waals surface area contributed by atoms with Crippen LogP contribution >= 0.6 is 0 Å². The highest BCUT2D eigenvalue weighted by Gasteiger charge is 2.24. The van der Waals surface area contributed by atoms with E-state index in [1.165, 1.54) is 0 Å². The minimum absolute atomic E-state index is 0.0906. The summed E-state index contributed by atoms with van der Waals surface area (Å²) in [6.07, 6.45) is -1.59. The van der Waals surface area contributed by atoms with Gasteiger partial charge in [-0.15, -0.1) is 0 Å². The van der Waals surface area contributed by atoms with Gasteiger partial charge in [0, 0.05) is 12.1 Å². The molecule has 1 amide bonds. The third kappa shape index (κ3) is 5.57. The fourth-order valence-corrected chi connectivity index (χ4v) is 2.87. The van der Waals surface area contributed by atoms with Crippen LogP contribution in [0.1, 0.15) is 22.0 Å². The van der Waals surface area contributed by atoms with E-state index in [1.54, 1.807) is 43.5 Å². The average molecular weight is 392 g/mol. The van der Waals surface area contributed by atoms with E-state index < -0.39 is 12.2 Å². The summed E-state index contributed by atoms with van der Waals surface area (Å²) in [5.74, 6) is 0.821. The highest BCUT2D eigenvalue weighted by Crippen LogP contribution is 2.32. The molecule has 2 atom stereocenters. The summed E-state index contributed by atoms with van der Waals surface area (Å²) in [6, 6.07) is 25.5. The van der Waals surface area contributed by atoms with Gasteiger partial charge in [-0.1, -0.05) is 60.7 Å². The molecule has 0 bridgehead atoms. The Kier molecular flexibility index (Phi) is 7.22. The fraction of sp³-hybridized carbons (Fsp3) is 0.174. The number of rotatable bonds is 9. The Morgan fingerprint density at radius 2 is 1.48 bits per heavy atom. The molecule has 0 spiro atoms. The van der Waals surface area contributed by atoms with Gasteiger partial charge in [0.25, 0.3) is 5.91 Å². The van der Waals surface area contributed by atoms with E-state index in [4.69, 9.17) is 9.47 Å². The Bertz CT molecular complexity index is 903. The monoisotopic (exact) mass is 392 g/mol. The molecule has 6 nitrogen and oxygen atoms in total. The Labute approximate surface area is 170 Å². The van der Waals surface area contributed by atoms with Crippen LogP contribution in [-0.2, 0) is 0 Å². The van der Waals surface area contributed by atoms with Crippen molar-refractivity contribution in [1.29, 1.82) is 0 Å². The second-order valence-electron chi connectivity index (χ2n) is 6.37. The van der Waals surface area contributed by atoms with Gasteiger partial charge in [0.15, 0.2) is 17.6 Å². The summed E-state index contributed by atoms with van der Waals surface area (Å²) in [4.78, 5) is 12.1. The predicted octanol–water partition coefficient (Wildman–Crippen LogP) is 3.11. The van der Waals surface area contributed by atoms with Gasteiger partial charge in [0.2, 0.25) is 0 Å². The van der Waals surface area contributed by atoms with Gasteiger partial charge in [-0.3, -0.25) is 10.2 Å². The molecule has 0 aliphatic rings. The molecular formula is C23H24N2O4. The normalized spacial score (nSPS) is 12.6. The zero-order valence-corrected chi connectivity index (χ0v) is 16.1. The number of carbonyl (C=O) groups excluding carboxylic acids is 1. The van der Waals surface area contributed by atoms with Crippen LogP contribution in [0.3, 0.4) is 0 Å². The summed E-state index contributed by atoms with van der Waals surface area (Å²) >= 11 is 0. The van der Waals surface area contributed by atoms with Gasteiger partial charge in [0.05, 0.1) is 7.11 Å². The number of hydrazine groups is 1. The summed E-state index contributed by atoms with van der Waals surface area (Å²) in [7, 11) is 1.57. The first kappa shape index (κ1) is 20.4. The van der Waals surface area contributed by atoms with Crippen molar-refractivity contribution in [3.05, 3.63) is 96.1 Å². The lowest BCUT2D eigenvalue weighted by Crippen LogP contribution is -2.44. The van der Waals surface area contributed by atoms with Gasteiger partial charge < -0.3 is 14.6 Å². The molecule has 0 saturated heterocycles. The number of aliphatic hydroxyl groups excluding tert-OH is 1. The van der Waals surface area contributed by atoms with Crippen molar-refractivity contribution >= 4 is 5.91 Å². The molecule has 3 rings (SSSR count). The molecule has 3 N–H and O–H groups in total. The van der Waals surface area contributed by atoms with Crippen LogP contribution < -0.4 is 20.3 Å². The van der Waals surface area contributed by atoms with Gasteiger partial charge in [-0.25, -0.2) is 5.43 Å². The minimum atomic E-state index is -0.932. The van der Waals surface area contributed by atoms with Crippen LogP contribution in [0.15, 0.2) is 84.9 Å². The van der Waals surface area contributed by atoms with Crippen molar-refractivity contribution in [3.8, 4) is 11.5 Å². The van der Waals surface area contributed by atoms with Crippen LogP contribution in [0.4, 0.5) is 0 Å². The quantitative estimate of drug-likeness (QED) is 0.488. The number of carbonyl (C=O) groups is 1. The molecule has 2 unspecified atom stereocenters. The number of methoxy groups -OCH3 is 1. The fourth-order valence-electron chi connectivity index (χ4n) is 2.87. The van der Waals surface area contributed by atoms with E-state index >= 15 is 0 Å². The molecule has 3 aromatic rings. The molecule has 0 radical (unpaired) electrons. The number of hydrogen-bond donors (Lipinski definition) is 3. The summed E-state index contributed by atoms with van der Waals surface area (Å²) in [5.41, 5.74) is 6.72. The third-order valence-electron chi connectivity index (χ3n) is 4.35. The van der Waals surface area contributed by atoms with Crippen molar-refractivity contribution in [1.82, 2.24) is 10.9 Å². The maximum atomic E-state index is 12.1. The topological polar surface area (TPSA) is 79.8 Å². The zero-order chi connectivity index (χ0) is 20.5. The van der Waals surface area contributed by atoms with Crippen LogP contribution in [0.2, 0.25) is 0 Å². The smallest absolute Gasteiger partial charge is 0.265 e. The van der Waals surface area contributed by atoms with E-state index in [1.807, 2.05) is 48.5 Å². The van der Waals surface area contributed by atoms with Crippen LogP contribution in [-0.4, -0.2) is 30.8 Å². The molecule has 6 heteroatoms. The van der Waals surface area contributed by atoms with E-state index in [-0.39, 0.29) is 12.5 Å². The molecule has 0 aliphatic heterocycles. The number of amides is 1. The predicted molar refractivity (Wildman–Crippen MR) is 111 cm³/mol. The van der Waals surface area contributed by atoms with E-state index in [9.17, 15) is 9.90 Å². The molecule has 0 fully saturated rings. The highest BCUT2D eigenvalue weighted by molar-refractivity contribution is 5.93. The molecule has 150 valence electrons. The van der Waals surface area contributed by atoms with Crippen LogP contribution in [0, 0.1) is 0 Å². The first-order valence-corrected chi connectivity index (χ1v) is 9.30. The maximum absolute atomic E-state index is 12.1. The maximum Gasteiger partial charge on any atom is 0.265 e. The second-order valence-corrected chi connectivity index (χ2v) is 6.37. The molecule has 0 aliphatic carbocycles. The third-order valence-corrected chi connectivity index (χ3v) is 4.35. The second kappa shape index (κ2) is 10.3. The first-order chi connectivity index (χ1) is 14.2. The van der Waals surface area contributed by atoms with Crippen molar-refractivity contribution in [2.75, 3.05) is 13.7 Å². The molecular weight excluding hydrogens is 368 g/mol. The molecule has 29 heavy (non-hydrogen) atoms. The summed E-state index contributed by atoms with van der Waals surface area (Å²) in [6.45, 7) is 0.0906. The van der Waals surface area contributed by atoms with Gasteiger partial charge in [-0.2, -0.15) is 0 Å². The van der Waals surface area contributed by atoms with E-state index in [2.05, 4.69) is 10.9 Å². The SMILES string of the molecule is COc1ccccc1OC(c1ccccc1)C(O)CNNC(=O)c1ccccc1. The number of para-hydroxylation sites is 2. The minimum Gasteiger partial charge on any atom is -0.493 e. The average Bonchev–Trinajstić information content (AvgIpc) is 2.78. The number of ether oxygens (including phenoxy) is 2.